The maximum absolute atomic E-state index is 4.71. The predicted octanol–water partition coefficient (Wildman–Crippen LogP) is 6.66. The van der Waals surface area contributed by atoms with Crippen LogP contribution in [0.15, 0.2) is 60.7 Å². The van der Waals surface area contributed by atoms with E-state index in [0.29, 0.717) is 0 Å². The van der Waals surface area contributed by atoms with Crippen molar-refractivity contribution in [1.29, 1.82) is 0 Å². The number of aromatic nitrogens is 6. The molecule has 0 saturated carbocycles. The van der Waals surface area contributed by atoms with Gasteiger partial charge in [-0.2, -0.15) is 0 Å². The average molecular weight is 465 g/mol. The molecule has 0 amide bonds. The molecule has 0 unspecified atom stereocenters. The number of aromatic amines is 2. The standard InChI is InChI=1S/C30H20N6/c1-2-20-14-22-5-6-24(33-22)16-26-9-10-28(35-26)18-30-12-11-29(36-30)17-27-8-7-25(34-27)15-23-4-3-21(32-23)13-19(1)31-20/h1-18,31-32H. The van der Waals surface area contributed by atoms with E-state index in [1.54, 1.807) is 0 Å². The van der Waals surface area contributed by atoms with Gasteiger partial charge < -0.3 is 9.97 Å². The fraction of sp³-hybridized carbons (Fsp3) is 0. The second kappa shape index (κ2) is 8.29. The first kappa shape index (κ1) is 20.3. The lowest BCUT2D eigenvalue weighted by Crippen LogP contribution is -1.79. The van der Waals surface area contributed by atoms with E-state index in [1.165, 1.54) is 0 Å². The highest BCUT2D eigenvalue weighted by Gasteiger charge is 2.05. The van der Waals surface area contributed by atoms with Crippen LogP contribution in [0.2, 0.25) is 0 Å². The molecule has 0 saturated heterocycles. The Morgan fingerprint density at radius 2 is 0.556 bits per heavy atom. The Hall–Kier alpha value is -5.10. The Kier molecular flexibility index (Phi) is 4.67. The molecule has 2 N–H and O–H groups in total. The smallest absolute Gasteiger partial charge is 0.0659 e. The number of nitrogens with zero attached hydrogens (tertiary/aromatic N) is 4. The molecule has 3 aromatic rings. The van der Waals surface area contributed by atoms with E-state index >= 15 is 0 Å². The van der Waals surface area contributed by atoms with Gasteiger partial charge in [0.15, 0.2) is 0 Å². The van der Waals surface area contributed by atoms with E-state index < -0.39 is 0 Å². The monoisotopic (exact) mass is 464 g/mol. The molecule has 6 nitrogen and oxygen atoms in total. The average Bonchev–Trinajstić information content (AvgIpc) is 3.68. The Morgan fingerprint density at radius 1 is 0.306 bits per heavy atom. The second-order valence-electron chi connectivity index (χ2n) is 8.78. The fourth-order valence-electron chi connectivity index (χ4n) is 4.36. The molecule has 0 fully saturated rings. The van der Waals surface area contributed by atoms with E-state index in [2.05, 4.69) is 40.3 Å². The zero-order valence-electron chi connectivity index (χ0n) is 19.2. The molecule has 0 aromatic carbocycles. The van der Waals surface area contributed by atoms with Crippen molar-refractivity contribution in [2.24, 2.45) is 0 Å². The molecule has 4 aliphatic heterocycles. The fourth-order valence-corrected chi connectivity index (χ4v) is 4.36. The molecule has 3 aromatic heterocycles. The number of H-pyrrole nitrogens is 2. The molecular weight excluding hydrogens is 444 g/mol. The molecule has 0 radical (unpaired) electrons. The normalized spacial score (nSPS) is 13.1. The summed E-state index contributed by atoms with van der Waals surface area (Å²) in [5.41, 5.74) is 11.0. The Balaban J connectivity index is 1.43. The van der Waals surface area contributed by atoms with Crippen molar-refractivity contribution in [2.45, 2.75) is 0 Å². The molecule has 12 bridgehead atoms. The summed E-state index contributed by atoms with van der Waals surface area (Å²) in [6.07, 6.45) is 16.0. The Morgan fingerprint density at radius 3 is 0.861 bits per heavy atom. The third-order valence-corrected chi connectivity index (χ3v) is 6.00. The molecule has 0 atom stereocenters. The first-order valence-corrected chi connectivity index (χ1v) is 11.7. The molecule has 0 spiro atoms. The molecule has 4 aliphatic rings. The minimum Gasteiger partial charge on any atom is -0.355 e. The summed E-state index contributed by atoms with van der Waals surface area (Å²) in [4.78, 5) is 25.7. The van der Waals surface area contributed by atoms with Crippen molar-refractivity contribution in [3.8, 4) is 0 Å². The van der Waals surface area contributed by atoms with Gasteiger partial charge in [-0.1, -0.05) is 0 Å². The van der Waals surface area contributed by atoms with Crippen LogP contribution in [0.1, 0.15) is 45.6 Å². The lowest BCUT2D eigenvalue weighted by Gasteiger charge is -1.86. The van der Waals surface area contributed by atoms with Crippen molar-refractivity contribution in [2.75, 3.05) is 0 Å². The molecule has 170 valence electrons. The molecule has 36 heavy (non-hydrogen) atoms. The van der Waals surface area contributed by atoms with Crippen LogP contribution in [0.3, 0.4) is 0 Å². The van der Waals surface area contributed by atoms with Crippen LogP contribution in [-0.4, -0.2) is 29.9 Å². The number of fused-ring (bicyclic) bond motifs is 12. The van der Waals surface area contributed by atoms with Crippen LogP contribution in [0.5, 0.6) is 0 Å². The van der Waals surface area contributed by atoms with Crippen LogP contribution in [0.4, 0.5) is 0 Å². The molecule has 7 rings (SSSR count). The van der Waals surface area contributed by atoms with Gasteiger partial charge in [0.05, 0.1) is 45.6 Å². The van der Waals surface area contributed by atoms with E-state index in [-0.39, 0.29) is 0 Å². The number of hydrogen-bond acceptors (Lipinski definition) is 4. The summed E-state index contributed by atoms with van der Waals surface area (Å²) in [5.74, 6) is 0. The zero-order valence-corrected chi connectivity index (χ0v) is 19.2. The third kappa shape index (κ3) is 4.23. The van der Waals surface area contributed by atoms with Crippen molar-refractivity contribution in [3.63, 3.8) is 0 Å². The van der Waals surface area contributed by atoms with E-state index in [1.807, 2.05) is 78.9 Å². The predicted molar refractivity (Wildman–Crippen MR) is 148 cm³/mol. The number of rotatable bonds is 0. The van der Waals surface area contributed by atoms with Gasteiger partial charge in [0.2, 0.25) is 0 Å². The Labute approximate surface area is 206 Å². The lowest BCUT2D eigenvalue weighted by molar-refractivity contribution is 1.25. The molecule has 6 heteroatoms. The lowest BCUT2D eigenvalue weighted by atomic mass is 10.3. The zero-order chi connectivity index (χ0) is 23.9. The van der Waals surface area contributed by atoms with Crippen molar-refractivity contribution in [3.05, 3.63) is 106 Å². The molecule has 0 aliphatic carbocycles. The highest BCUT2D eigenvalue weighted by molar-refractivity contribution is 5.79. The quantitative estimate of drug-likeness (QED) is 0.263. The first-order valence-electron chi connectivity index (χ1n) is 11.7. The van der Waals surface area contributed by atoms with E-state index in [9.17, 15) is 0 Å². The number of nitrogens with one attached hydrogen (secondary N) is 2. The van der Waals surface area contributed by atoms with Crippen LogP contribution < -0.4 is 0 Å². The second-order valence-corrected chi connectivity index (χ2v) is 8.78. The largest absolute Gasteiger partial charge is 0.355 e. The molecular formula is C30H20N6. The Bertz CT molecular complexity index is 1710. The highest BCUT2D eigenvalue weighted by atomic mass is 14.8. The van der Waals surface area contributed by atoms with Crippen molar-refractivity contribution < 1.29 is 0 Å². The minimum atomic E-state index is 0.863. The van der Waals surface area contributed by atoms with Gasteiger partial charge >= 0.3 is 0 Å². The molecule has 7 heterocycles. The number of hydrogen-bond donors (Lipinski definition) is 2. The van der Waals surface area contributed by atoms with Gasteiger partial charge in [0.25, 0.3) is 0 Å². The summed E-state index contributed by atoms with van der Waals surface area (Å²) in [7, 11) is 0. The van der Waals surface area contributed by atoms with Gasteiger partial charge in [-0.05, 0) is 109 Å². The topological polar surface area (TPSA) is 83.1 Å². The van der Waals surface area contributed by atoms with Crippen LogP contribution in [-0.2, 0) is 0 Å². The van der Waals surface area contributed by atoms with Crippen LogP contribution >= 0.6 is 0 Å². The van der Waals surface area contributed by atoms with Gasteiger partial charge in [-0.3, -0.25) is 0 Å². The van der Waals surface area contributed by atoms with E-state index in [0.717, 1.165) is 67.6 Å². The van der Waals surface area contributed by atoms with Crippen LogP contribution in [0, 0.1) is 0 Å². The van der Waals surface area contributed by atoms with Crippen LogP contribution in [0.25, 0.3) is 70.7 Å². The summed E-state index contributed by atoms with van der Waals surface area (Å²) in [5, 5.41) is 0. The first-order chi connectivity index (χ1) is 17.7. The van der Waals surface area contributed by atoms with Crippen molar-refractivity contribution >= 4 is 70.7 Å². The SMILES string of the molecule is C1=Cc2cc3nc(cc4ccc(cc5ccc(cc6nc(cc7nc(cc1n2)C=C7)C=C6)[nH]5)[nH]4)C=C3. The summed E-state index contributed by atoms with van der Waals surface area (Å²) < 4.78 is 0. The van der Waals surface area contributed by atoms with Gasteiger partial charge in [-0.25, -0.2) is 19.9 Å². The summed E-state index contributed by atoms with van der Waals surface area (Å²) in [6.45, 7) is 0. The van der Waals surface area contributed by atoms with Gasteiger partial charge in [0.1, 0.15) is 0 Å². The van der Waals surface area contributed by atoms with Crippen molar-refractivity contribution in [1.82, 2.24) is 29.9 Å². The van der Waals surface area contributed by atoms with Gasteiger partial charge in [0, 0.05) is 22.1 Å². The summed E-state index contributed by atoms with van der Waals surface area (Å²) in [6, 6.07) is 20.3. The highest BCUT2D eigenvalue weighted by Crippen LogP contribution is 2.19. The summed E-state index contributed by atoms with van der Waals surface area (Å²) >= 11 is 0. The maximum Gasteiger partial charge on any atom is 0.0659 e. The third-order valence-electron chi connectivity index (χ3n) is 6.00. The minimum absolute atomic E-state index is 0.863. The maximum atomic E-state index is 4.71. The van der Waals surface area contributed by atoms with Gasteiger partial charge in [-0.15, -0.1) is 0 Å². The van der Waals surface area contributed by atoms with E-state index in [4.69, 9.17) is 19.9 Å².